The van der Waals surface area contributed by atoms with Crippen molar-refractivity contribution in [3.05, 3.63) is 45.9 Å². The maximum absolute atomic E-state index is 12.5. The monoisotopic (exact) mass is 332 g/mol. The van der Waals surface area contributed by atoms with E-state index in [1.807, 2.05) is 6.92 Å². The minimum absolute atomic E-state index is 0.117. The molecule has 0 heterocycles. The van der Waals surface area contributed by atoms with Crippen LogP contribution < -0.4 is 0 Å². The summed E-state index contributed by atoms with van der Waals surface area (Å²) in [7, 11) is 0. The first kappa shape index (κ1) is 17.5. The van der Waals surface area contributed by atoms with Crippen molar-refractivity contribution in [3.63, 3.8) is 0 Å². The van der Waals surface area contributed by atoms with Gasteiger partial charge in [0.05, 0.1) is 17.9 Å². The topological polar surface area (TPSA) is 60.4 Å². The molecule has 0 N–H and O–H groups in total. The van der Waals surface area contributed by atoms with Crippen molar-refractivity contribution in [2.45, 2.75) is 33.1 Å². The van der Waals surface area contributed by atoms with Crippen LogP contribution in [0.3, 0.4) is 0 Å². The van der Waals surface area contributed by atoms with Gasteiger partial charge >= 0.3 is 5.97 Å². The summed E-state index contributed by atoms with van der Waals surface area (Å²) in [4.78, 5) is 36.9. The lowest BCUT2D eigenvalue weighted by Gasteiger charge is -2.18. The first-order chi connectivity index (χ1) is 11.1. The molecule has 0 aromatic heterocycles. The van der Waals surface area contributed by atoms with E-state index >= 15 is 0 Å². The van der Waals surface area contributed by atoms with Crippen molar-refractivity contribution in [1.82, 2.24) is 0 Å². The Morgan fingerprint density at radius 1 is 1.13 bits per heavy atom. The van der Waals surface area contributed by atoms with Gasteiger partial charge in [0, 0.05) is 22.5 Å². The van der Waals surface area contributed by atoms with Crippen LogP contribution >= 0.6 is 11.8 Å². The zero-order chi connectivity index (χ0) is 16.8. The quantitative estimate of drug-likeness (QED) is 0.561. The molecule has 4 nitrogen and oxygen atoms in total. The molecular formula is C18H20O4S. The van der Waals surface area contributed by atoms with Crippen LogP contribution in [0, 0.1) is 0 Å². The Morgan fingerprint density at radius 2 is 1.78 bits per heavy atom. The number of esters is 1. The zero-order valence-electron chi connectivity index (χ0n) is 13.4. The van der Waals surface area contributed by atoms with Crippen molar-refractivity contribution < 1.29 is 19.1 Å². The molecule has 0 spiro atoms. The van der Waals surface area contributed by atoms with E-state index in [4.69, 9.17) is 4.74 Å². The first-order valence-corrected chi connectivity index (χ1v) is 8.72. The summed E-state index contributed by atoms with van der Waals surface area (Å²) in [6.07, 6.45) is 2.06. The van der Waals surface area contributed by atoms with Gasteiger partial charge in [-0.1, -0.05) is 37.6 Å². The van der Waals surface area contributed by atoms with Crippen molar-refractivity contribution in [1.29, 1.82) is 0 Å². The van der Waals surface area contributed by atoms with Gasteiger partial charge < -0.3 is 4.74 Å². The summed E-state index contributed by atoms with van der Waals surface area (Å²) < 4.78 is 5.08. The number of ether oxygens (including phenoxy) is 1. The summed E-state index contributed by atoms with van der Waals surface area (Å²) >= 11 is 1.26. The highest BCUT2D eigenvalue weighted by molar-refractivity contribution is 8.04. The number of benzene rings is 1. The molecular weight excluding hydrogens is 312 g/mol. The molecule has 0 unspecified atom stereocenters. The molecule has 0 amide bonds. The molecule has 1 aromatic carbocycles. The number of rotatable bonds is 7. The normalized spacial score (nSPS) is 14.0. The van der Waals surface area contributed by atoms with Gasteiger partial charge in [-0.2, -0.15) is 0 Å². The lowest BCUT2D eigenvalue weighted by atomic mass is 9.90. The van der Waals surface area contributed by atoms with Gasteiger partial charge in [0.25, 0.3) is 0 Å². The van der Waals surface area contributed by atoms with Gasteiger partial charge in [-0.3, -0.25) is 14.4 Å². The Hall–Kier alpha value is -1.88. The number of carbonyl (C=O) groups is 3. The number of fused-ring (bicyclic) bond motifs is 1. The van der Waals surface area contributed by atoms with E-state index in [-0.39, 0.29) is 24.0 Å². The highest BCUT2D eigenvalue weighted by Crippen LogP contribution is 2.32. The summed E-state index contributed by atoms with van der Waals surface area (Å²) in [5.41, 5.74) is 1.35. The number of Topliss-reactive ketones (excluding diaryl/α,β-unsaturated/α-hetero) is 2. The van der Waals surface area contributed by atoms with E-state index in [0.29, 0.717) is 34.0 Å². The van der Waals surface area contributed by atoms with E-state index < -0.39 is 0 Å². The molecule has 1 aliphatic carbocycles. The van der Waals surface area contributed by atoms with Crippen molar-refractivity contribution in [2.24, 2.45) is 0 Å². The molecule has 0 radical (unpaired) electrons. The molecule has 1 aliphatic rings. The van der Waals surface area contributed by atoms with Crippen LogP contribution in [0.25, 0.3) is 0 Å². The number of unbranched alkanes of at least 4 members (excludes halogenated alkanes) is 1. The second-order valence-corrected chi connectivity index (χ2v) is 6.44. The maximum Gasteiger partial charge on any atom is 0.306 e. The second-order valence-electron chi connectivity index (χ2n) is 5.33. The molecule has 2 rings (SSSR count). The van der Waals surface area contributed by atoms with Crippen LogP contribution in [-0.2, 0) is 9.53 Å². The number of hydrogen-bond acceptors (Lipinski definition) is 5. The summed E-state index contributed by atoms with van der Waals surface area (Å²) in [5, 5.41) is 0. The average Bonchev–Trinajstić information content (AvgIpc) is 2.56. The zero-order valence-corrected chi connectivity index (χ0v) is 14.2. The van der Waals surface area contributed by atoms with Crippen LogP contribution in [0.15, 0.2) is 34.7 Å². The number of carbonyl (C=O) groups excluding carboxylic acids is 3. The molecule has 122 valence electrons. The van der Waals surface area contributed by atoms with Gasteiger partial charge in [-0.05, 0) is 13.3 Å². The molecule has 0 fully saturated rings. The largest absolute Gasteiger partial charge is 0.466 e. The first-order valence-electron chi connectivity index (χ1n) is 7.74. The third-order valence-corrected chi connectivity index (χ3v) is 4.81. The van der Waals surface area contributed by atoms with E-state index in [2.05, 4.69) is 0 Å². The standard InChI is InChI=1S/C18H20O4S/c1-3-4-10-22-15(19)9-11-23-18-12(2)16(20)13-7-5-6-8-14(13)17(18)21/h5-8H,3-4,9-11H2,1-2H3. The third-order valence-electron chi connectivity index (χ3n) is 3.62. The summed E-state index contributed by atoms with van der Waals surface area (Å²) in [6, 6.07) is 6.84. The Kier molecular flexibility index (Phi) is 6.16. The molecule has 0 atom stereocenters. The van der Waals surface area contributed by atoms with E-state index in [1.54, 1.807) is 31.2 Å². The average molecular weight is 332 g/mol. The molecule has 0 saturated heterocycles. The fourth-order valence-electron chi connectivity index (χ4n) is 2.29. The van der Waals surface area contributed by atoms with Crippen LogP contribution in [0.2, 0.25) is 0 Å². The van der Waals surface area contributed by atoms with E-state index in [0.717, 1.165) is 12.8 Å². The van der Waals surface area contributed by atoms with Crippen LogP contribution in [0.4, 0.5) is 0 Å². The summed E-state index contributed by atoms with van der Waals surface area (Å²) in [6.45, 7) is 4.13. The highest BCUT2D eigenvalue weighted by atomic mass is 32.2. The third kappa shape index (κ3) is 4.10. The molecule has 5 heteroatoms. The highest BCUT2D eigenvalue weighted by Gasteiger charge is 2.29. The van der Waals surface area contributed by atoms with Crippen LogP contribution in [0.5, 0.6) is 0 Å². The fourth-order valence-corrected chi connectivity index (χ4v) is 3.31. The van der Waals surface area contributed by atoms with Crippen LogP contribution in [-0.4, -0.2) is 29.9 Å². The van der Waals surface area contributed by atoms with Gasteiger partial charge in [0.2, 0.25) is 0 Å². The van der Waals surface area contributed by atoms with Crippen LogP contribution in [0.1, 0.15) is 53.8 Å². The van der Waals surface area contributed by atoms with Gasteiger partial charge in [-0.25, -0.2) is 0 Å². The Balaban J connectivity index is 1.98. The molecule has 0 aliphatic heterocycles. The minimum atomic E-state index is -0.265. The van der Waals surface area contributed by atoms with Gasteiger partial charge in [0.1, 0.15) is 0 Å². The predicted molar refractivity (Wildman–Crippen MR) is 90.7 cm³/mol. The van der Waals surface area contributed by atoms with E-state index in [1.165, 1.54) is 11.8 Å². The summed E-state index contributed by atoms with van der Waals surface area (Å²) in [5.74, 6) is -0.0896. The molecule has 23 heavy (non-hydrogen) atoms. The van der Waals surface area contributed by atoms with E-state index in [9.17, 15) is 14.4 Å². The van der Waals surface area contributed by atoms with Gasteiger partial charge in [0.15, 0.2) is 11.6 Å². The molecule has 0 bridgehead atoms. The fraction of sp³-hybridized carbons (Fsp3) is 0.389. The van der Waals surface area contributed by atoms with Crippen molar-refractivity contribution in [3.8, 4) is 0 Å². The number of ketones is 2. The molecule has 0 saturated carbocycles. The lowest BCUT2D eigenvalue weighted by molar-refractivity contribution is -0.143. The maximum atomic E-state index is 12.5. The number of thioether (sulfide) groups is 1. The SMILES string of the molecule is CCCCOC(=O)CCSC1=C(C)C(=O)c2ccccc2C1=O. The Bertz CT molecular complexity index is 661. The minimum Gasteiger partial charge on any atom is -0.466 e. The number of hydrogen-bond donors (Lipinski definition) is 0. The van der Waals surface area contributed by atoms with Crippen molar-refractivity contribution in [2.75, 3.05) is 12.4 Å². The Morgan fingerprint density at radius 3 is 2.43 bits per heavy atom. The second kappa shape index (κ2) is 8.11. The Labute approximate surface area is 140 Å². The van der Waals surface area contributed by atoms with Crippen molar-refractivity contribution >= 4 is 29.3 Å². The lowest BCUT2D eigenvalue weighted by Crippen LogP contribution is -2.19. The van der Waals surface area contributed by atoms with Gasteiger partial charge in [-0.15, -0.1) is 11.8 Å². The smallest absolute Gasteiger partial charge is 0.306 e. The predicted octanol–water partition coefficient (Wildman–Crippen LogP) is 3.81. The molecule has 1 aromatic rings. The number of allylic oxidation sites excluding steroid dienone is 2.